The second-order valence-corrected chi connectivity index (χ2v) is 17.6. The van der Waals surface area contributed by atoms with Crippen LogP contribution < -0.4 is 9.80 Å². The minimum Gasteiger partial charge on any atom is -0.455 e. The van der Waals surface area contributed by atoms with Crippen LogP contribution in [0.4, 0.5) is 34.1 Å². The summed E-state index contributed by atoms with van der Waals surface area (Å²) < 4.78 is 13.2. The maximum Gasteiger partial charge on any atom is 0.143 e. The minimum absolute atomic E-state index is 0.751. The lowest BCUT2D eigenvalue weighted by atomic mass is 9.90. The Morgan fingerprint density at radius 3 is 1.66 bits per heavy atom. The first-order chi connectivity index (χ1) is 33.2. The number of fused-ring (bicyclic) bond motifs is 10. The molecule has 67 heavy (non-hydrogen) atoms. The molecule has 4 heteroatoms. The highest BCUT2D eigenvalue weighted by molar-refractivity contribution is 6.15. The standard InChI is InChI=1S/C63H40N2O2/c1-2-17-44(18-3-1)64(58-28-12-16-40-15-4-5-19-46(40)58)45-32-35-57-43(39-45)38-42-37-41(47-24-13-26-54-51-22-8-10-29-60(51)66-62(47)54)31-34-56(42)65(57)59-36-33-49(48-20-6-7-21-50(48)59)53-25-14-27-55-52-23-9-11-30-61(52)67-63(53)55/h1-37,39H,38H2. The Morgan fingerprint density at radius 2 is 0.896 bits per heavy atom. The number of furan rings is 2. The van der Waals surface area contributed by atoms with Crippen LogP contribution in [-0.2, 0) is 6.42 Å². The maximum absolute atomic E-state index is 6.61. The van der Waals surface area contributed by atoms with E-state index in [-0.39, 0.29) is 0 Å². The van der Waals surface area contributed by atoms with E-state index in [9.17, 15) is 0 Å². The Morgan fingerprint density at radius 1 is 0.343 bits per heavy atom. The Balaban J connectivity index is 0.983. The molecule has 0 radical (unpaired) electrons. The smallest absolute Gasteiger partial charge is 0.143 e. The molecule has 0 atom stereocenters. The van der Waals surface area contributed by atoms with Crippen LogP contribution in [0.1, 0.15) is 11.1 Å². The second kappa shape index (κ2) is 14.8. The molecule has 14 rings (SSSR count). The average molecular weight is 857 g/mol. The van der Waals surface area contributed by atoms with Crippen molar-refractivity contribution in [2.24, 2.45) is 0 Å². The predicted molar refractivity (Wildman–Crippen MR) is 279 cm³/mol. The first kappa shape index (κ1) is 37.5. The lowest BCUT2D eigenvalue weighted by Crippen LogP contribution is -2.20. The van der Waals surface area contributed by atoms with Crippen LogP contribution in [0.25, 0.3) is 87.7 Å². The summed E-state index contributed by atoms with van der Waals surface area (Å²) in [6.07, 6.45) is 0.751. The summed E-state index contributed by atoms with van der Waals surface area (Å²) in [6, 6.07) is 83.1. The van der Waals surface area contributed by atoms with Gasteiger partial charge in [-0.05, 0) is 99.8 Å². The zero-order valence-corrected chi connectivity index (χ0v) is 36.4. The van der Waals surface area contributed by atoms with Gasteiger partial charge in [-0.2, -0.15) is 0 Å². The fourth-order valence-corrected chi connectivity index (χ4v) is 10.8. The lowest BCUT2D eigenvalue weighted by Gasteiger charge is -2.36. The van der Waals surface area contributed by atoms with Gasteiger partial charge in [0.1, 0.15) is 22.3 Å². The molecular formula is C63H40N2O2. The number of nitrogens with zero attached hydrogens (tertiary/aromatic N) is 2. The van der Waals surface area contributed by atoms with Crippen LogP contribution in [0, 0.1) is 0 Å². The second-order valence-electron chi connectivity index (χ2n) is 17.6. The Bertz CT molecular complexity index is 4100. The molecule has 0 saturated heterocycles. The number of rotatable bonds is 6. The molecule has 0 unspecified atom stereocenters. The molecule has 0 aliphatic carbocycles. The zero-order valence-electron chi connectivity index (χ0n) is 36.4. The molecule has 0 fully saturated rings. The first-order valence-electron chi connectivity index (χ1n) is 23.0. The van der Waals surface area contributed by atoms with E-state index < -0.39 is 0 Å². The minimum atomic E-state index is 0.751. The van der Waals surface area contributed by atoms with Crippen LogP contribution in [-0.4, -0.2) is 0 Å². The molecule has 13 aromatic rings. The molecule has 314 valence electrons. The summed E-state index contributed by atoms with van der Waals surface area (Å²) in [7, 11) is 0. The summed E-state index contributed by atoms with van der Waals surface area (Å²) in [4.78, 5) is 4.90. The van der Waals surface area contributed by atoms with Gasteiger partial charge in [0, 0.05) is 72.6 Å². The van der Waals surface area contributed by atoms with Crippen LogP contribution >= 0.6 is 0 Å². The van der Waals surface area contributed by atoms with E-state index in [1.165, 1.54) is 21.9 Å². The fourth-order valence-electron chi connectivity index (χ4n) is 10.8. The third-order valence-electron chi connectivity index (χ3n) is 13.8. The van der Waals surface area contributed by atoms with Crippen molar-refractivity contribution in [3.8, 4) is 22.3 Å². The molecule has 0 N–H and O–H groups in total. The van der Waals surface area contributed by atoms with Gasteiger partial charge >= 0.3 is 0 Å². The van der Waals surface area contributed by atoms with Crippen molar-refractivity contribution in [2.45, 2.75) is 6.42 Å². The van der Waals surface area contributed by atoms with E-state index >= 15 is 0 Å². The van der Waals surface area contributed by atoms with Crippen LogP contribution in [0.15, 0.2) is 239 Å². The molecule has 0 spiro atoms. The zero-order chi connectivity index (χ0) is 44.0. The van der Waals surface area contributed by atoms with E-state index in [1.54, 1.807) is 0 Å². The number of anilines is 6. The van der Waals surface area contributed by atoms with Crippen LogP contribution in [0.3, 0.4) is 0 Å². The van der Waals surface area contributed by atoms with E-state index in [2.05, 4.69) is 228 Å². The lowest BCUT2D eigenvalue weighted by molar-refractivity contribution is 0.669. The van der Waals surface area contributed by atoms with Crippen molar-refractivity contribution in [1.29, 1.82) is 0 Å². The van der Waals surface area contributed by atoms with Crippen molar-refractivity contribution in [1.82, 2.24) is 0 Å². The van der Waals surface area contributed by atoms with Crippen LogP contribution in [0.2, 0.25) is 0 Å². The van der Waals surface area contributed by atoms with Gasteiger partial charge in [0.15, 0.2) is 0 Å². The molecule has 1 aliphatic rings. The molecular weight excluding hydrogens is 817 g/mol. The summed E-state index contributed by atoms with van der Waals surface area (Å²) in [5.74, 6) is 0. The highest BCUT2D eigenvalue weighted by Crippen LogP contribution is 2.51. The molecule has 0 saturated carbocycles. The Kier molecular flexibility index (Phi) is 8.31. The molecule has 0 bridgehead atoms. The predicted octanol–water partition coefficient (Wildman–Crippen LogP) is 18.0. The Labute approximate surface area is 386 Å². The summed E-state index contributed by atoms with van der Waals surface area (Å²) in [5.41, 5.74) is 17.3. The number of benzene rings is 11. The molecule has 1 aliphatic heterocycles. The summed E-state index contributed by atoms with van der Waals surface area (Å²) in [6.45, 7) is 0. The van der Waals surface area contributed by atoms with E-state index in [0.717, 1.165) is 117 Å². The highest BCUT2D eigenvalue weighted by Gasteiger charge is 2.29. The van der Waals surface area contributed by atoms with Crippen molar-refractivity contribution < 1.29 is 8.83 Å². The third kappa shape index (κ3) is 5.86. The third-order valence-corrected chi connectivity index (χ3v) is 13.8. The summed E-state index contributed by atoms with van der Waals surface area (Å²) >= 11 is 0. The monoisotopic (exact) mass is 856 g/mol. The number of hydrogen-bond acceptors (Lipinski definition) is 4. The summed E-state index contributed by atoms with van der Waals surface area (Å²) in [5, 5.41) is 9.24. The number of hydrogen-bond donors (Lipinski definition) is 0. The van der Waals surface area contributed by atoms with Gasteiger partial charge in [0.2, 0.25) is 0 Å². The topological polar surface area (TPSA) is 32.8 Å². The molecule has 11 aromatic carbocycles. The highest BCUT2D eigenvalue weighted by atomic mass is 16.3. The quantitative estimate of drug-likeness (QED) is 0.167. The van der Waals surface area contributed by atoms with Gasteiger partial charge in [0.05, 0.1) is 11.4 Å². The number of para-hydroxylation sites is 5. The van der Waals surface area contributed by atoms with Gasteiger partial charge in [-0.1, -0.05) is 164 Å². The van der Waals surface area contributed by atoms with Crippen molar-refractivity contribution in [3.05, 3.63) is 242 Å². The van der Waals surface area contributed by atoms with Crippen molar-refractivity contribution in [2.75, 3.05) is 9.80 Å². The normalized spacial score (nSPS) is 12.4. The van der Waals surface area contributed by atoms with Gasteiger partial charge < -0.3 is 18.6 Å². The fraction of sp³-hybridized carbons (Fsp3) is 0.0159. The average Bonchev–Trinajstić information content (AvgIpc) is 3.97. The van der Waals surface area contributed by atoms with E-state index in [1.807, 2.05) is 12.1 Å². The van der Waals surface area contributed by atoms with E-state index in [0.29, 0.717) is 0 Å². The van der Waals surface area contributed by atoms with Gasteiger partial charge in [0.25, 0.3) is 0 Å². The van der Waals surface area contributed by atoms with Gasteiger partial charge in [-0.15, -0.1) is 0 Å². The van der Waals surface area contributed by atoms with Crippen LogP contribution in [0.5, 0.6) is 0 Å². The Hall–Kier alpha value is -8.86. The first-order valence-corrected chi connectivity index (χ1v) is 23.0. The molecule has 4 nitrogen and oxygen atoms in total. The van der Waals surface area contributed by atoms with Gasteiger partial charge in [-0.25, -0.2) is 0 Å². The molecule has 3 heterocycles. The van der Waals surface area contributed by atoms with Crippen molar-refractivity contribution in [3.63, 3.8) is 0 Å². The largest absolute Gasteiger partial charge is 0.455 e. The van der Waals surface area contributed by atoms with Crippen molar-refractivity contribution >= 4 is 99.5 Å². The molecule has 0 amide bonds. The maximum atomic E-state index is 6.61. The van der Waals surface area contributed by atoms with E-state index in [4.69, 9.17) is 8.83 Å². The molecule has 2 aromatic heterocycles. The SMILES string of the molecule is c1ccc(N(c2ccc3c(c2)Cc2cc(-c4cccc5c4oc4ccccc45)ccc2N3c2ccc(-c3cccc4c3oc3ccccc34)c3ccccc23)c2cccc3ccccc23)cc1. The van der Waals surface area contributed by atoms with Gasteiger partial charge in [-0.3, -0.25) is 0 Å².